The van der Waals surface area contributed by atoms with Crippen LogP contribution in [0.4, 0.5) is 0 Å². The summed E-state index contributed by atoms with van der Waals surface area (Å²) < 4.78 is 21.1. The second-order valence-corrected chi connectivity index (χ2v) is 7.24. The van der Waals surface area contributed by atoms with Crippen LogP contribution in [0.1, 0.15) is 41.5 Å². The highest BCUT2D eigenvalue weighted by Gasteiger charge is 2.52. The minimum absolute atomic E-state index is 0.0782. The molecule has 2 aliphatic rings. The third-order valence-corrected chi connectivity index (χ3v) is 4.82. The van der Waals surface area contributed by atoms with Crippen molar-refractivity contribution in [2.75, 3.05) is 6.61 Å². The zero-order chi connectivity index (χ0) is 25.0. The van der Waals surface area contributed by atoms with Gasteiger partial charge in [0, 0.05) is 25.7 Å². The van der Waals surface area contributed by atoms with Crippen LogP contribution in [0.15, 0.2) is 29.4 Å². The number of fused-ring (bicyclic) bond motifs is 1. The maximum atomic E-state index is 12.7. The number of imide groups is 1. The molecule has 0 radical (unpaired) electrons. The summed E-state index contributed by atoms with van der Waals surface area (Å²) in [4.78, 5) is 68.4. The Morgan fingerprint density at radius 2 is 1.56 bits per heavy atom. The molecule has 0 unspecified atom stereocenters. The number of hydrogen-bond acceptors (Lipinski definition) is 11. The standard InChI is InChI=1S/C20H20N4O10/c1-9(25)30-8-14-16(31-10(2)26)17(32-11(3)27)15(22-23-21)20(33-14)34-24-18(28)12-6-4-5-7-13(12)19(24)29/h4-7,14-17,20H,8H2,1-3H3/t14-,15-,16+,17-,20+/m1/s1. The molecular weight excluding hydrogens is 456 g/mol. The second kappa shape index (κ2) is 10.3. The Labute approximate surface area is 192 Å². The molecule has 180 valence electrons. The molecule has 0 aromatic heterocycles. The van der Waals surface area contributed by atoms with Gasteiger partial charge in [-0.05, 0) is 17.7 Å². The van der Waals surface area contributed by atoms with Crippen LogP contribution >= 0.6 is 0 Å². The molecule has 0 spiro atoms. The lowest BCUT2D eigenvalue weighted by Crippen LogP contribution is -2.62. The van der Waals surface area contributed by atoms with E-state index in [9.17, 15) is 24.0 Å². The Morgan fingerprint density at radius 3 is 2.06 bits per heavy atom. The highest BCUT2D eigenvalue weighted by atomic mass is 16.8. The number of benzene rings is 1. The number of azide groups is 1. The van der Waals surface area contributed by atoms with Gasteiger partial charge < -0.3 is 18.9 Å². The van der Waals surface area contributed by atoms with Gasteiger partial charge in [-0.3, -0.25) is 24.0 Å². The Balaban J connectivity index is 1.97. The minimum Gasteiger partial charge on any atom is -0.463 e. The first kappa shape index (κ1) is 24.6. The molecule has 1 saturated heterocycles. The fraction of sp³-hybridized carbons (Fsp3) is 0.450. The summed E-state index contributed by atoms with van der Waals surface area (Å²) in [5.41, 5.74) is 9.24. The summed E-state index contributed by atoms with van der Waals surface area (Å²) in [5.74, 6) is -3.91. The van der Waals surface area contributed by atoms with Crippen molar-refractivity contribution in [2.24, 2.45) is 5.11 Å². The van der Waals surface area contributed by atoms with Gasteiger partial charge in [0.25, 0.3) is 11.8 Å². The lowest BCUT2D eigenvalue weighted by molar-refractivity contribution is -0.312. The Kier molecular flexibility index (Phi) is 7.46. The van der Waals surface area contributed by atoms with E-state index in [4.69, 9.17) is 29.3 Å². The number of hydrogen-bond donors (Lipinski definition) is 0. The average Bonchev–Trinajstić information content (AvgIpc) is 3.01. The molecule has 3 rings (SSSR count). The summed E-state index contributed by atoms with van der Waals surface area (Å²) in [5, 5.41) is 3.96. The zero-order valence-electron chi connectivity index (χ0n) is 18.3. The summed E-state index contributed by atoms with van der Waals surface area (Å²) in [6, 6.07) is 4.46. The van der Waals surface area contributed by atoms with Crippen molar-refractivity contribution < 1.29 is 47.8 Å². The van der Waals surface area contributed by atoms with Crippen molar-refractivity contribution in [3.05, 3.63) is 45.8 Å². The molecule has 1 fully saturated rings. The molecule has 2 amide bonds. The third-order valence-electron chi connectivity index (χ3n) is 4.82. The van der Waals surface area contributed by atoms with Crippen LogP contribution in [0.25, 0.3) is 10.4 Å². The molecule has 0 saturated carbocycles. The van der Waals surface area contributed by atoms with E-state index in [2.05, 4.69) is 10.0 Å². The number of ether oxygens (including phenoxy) is 4. The number of rotatable bonds is 7. The predicted octanol–water partition coefficient (Wildman–Crippen LogP) is 1.04. The van der Waals surface area contributed by atoms with Crippen LogP contribution in [-0.2, 0) is 38.2 Å². The van der Waals surface area contributed by atoms with Gasteiger partial charge in [0.2, 0.25) is 0 Å². The summed E-state index contributed by atoms with van der Waals surface area (Å²) in [7, 11) is 0. The van der Waals surface area contributed by atoms with Gasteiger partial charge in [-0.15, -0.1) is 5.06 Å². The average molecular weight is 476 g/mol. The monoisotopic (exact) mass is 476 g/mol. The number of nitrogens with zero attached hydrogens (tertiary/aromatic N) is 4. The number of esters is 3. The van der Waals surface area contributed by atoms with Gasteiger partial charge in [0.1, 0.15) is 18.8 Å². The summed E-state index contributed by atoms with van der Waals surface area (Å²) in [6.45, 7) is 2.80. The molecule has 34 heavy (non-hydrogen) atoms. The first-order valence-corrected chi connectivity index (χ1v) is 9.96. The molecule has 1 aromatic carbocycles. The highest BCUT2D eigenvalue weighted by molar-refractivity contribution is 6.20. The molecule has 0 aliphatic carbocycles. The molecule has 0 bridgehead atoms. The number of amides is 2. The first-order chi connectivity index (χ1) is 16.1. The van der Waals surface area contributed by atoms with Crippen molar-refractivity contribution in [1.82, 2.24) is 5.06 Å². The van der Waals surface area contributed by atoms with Crippen LogP contribution in [-0.4, -0.2) is 72.0 Å². The fourth-order valence-corrected chi connectivity index (χ4v) is 3.52. The molecule has 2 heterocycles. The lowest BCUT2D eigenvalue weighted by atomic mass is 9.97. The number of carbonyl (C=O) groups is 5. The number of hydroxylamine groups is 2. The van der Waals surface area contributed by atoms with Gasteiger partial charge in [-0.25, -0.2) is 4.84 Å². The maximum absolute atomic E-state index is 12.7. The van der Waals surface area contributed by atoms with Crippen LogP contribution in [0.2, 0.25) is 0 Å². The van der Waals surface area contributed by atoms with Gasteiger partial charge in [-0.1, -0.05) is 17.2 Å². The van der Waals surface area contributed by atoms with E-state index in [-0.39, 0.29) is 11.1 Å². The van der Waals surface area contributed by atoms with E-state index in [1.807, 2.05) is 0 Å². The van der Waals surface area contributed by atoms with E-state index in [0.717, 1.165) is 20.8 Å². The second-order valence-electron chi connectivity index (χ2n) is 7.24. The van der Waals surface area contributed by atoms with Gasteiger partial charge in [0.15, 0.2) is 18.5 Å². The number of carbonyl (C=O) groups excluding carboxylic acids is 5. The van der Waals surface area contributed by atoms with Crippen molar-refractivity contribution in [3.8, 4) is 0 Å². The molecule has 14 heteroatoms. The van der Waals surface area contributed by atoms with E-state index < -0.39 is 67.0 Å². The predicted molar refractivity (Wildman–Crippen MR) is 107 cm³/mol. The van der Waals surface area contributed by atoms with Crippen molar-refractivity contribution in [1.29, 1.82) is 0 Å². The van der Waals surface area contributed by atoms with Crippen LogP contribution in [0.5, 0.6) is 0 Å². The first-order valence-electron chi connectivity index (χ1n) is 9.96. The molecule has 2 aliphatic heterocycles. The Hall–Kier alpha value is -4.00. The van der Waals surface area contributed by atoms with E-state index in [0.29, 0.717) is 5.06 Å². The summed E-state index contributed by atoms with van der Waals surface area (Å²) >= 11 is 0. The Morgan fingerprint density at radius 1 is 1.00 bits per heavy atom. The topological polar surface area (TPSA) is 184 Å². The Bertz CT molecular complexity index is 1030. The molecule has 0 N–H and O–H groups in total. The van der Waals surface area contributed by atoms with E-state index >= 15 is 0 Å². The van der Waals surface area contributed by atoms with Crippen molar-refractivity contribution in [2.45, 2.75) is 51.4 Å². The fourth-order valence-electron chi connectivity index (χ4n) is 3.52. The van der Waals surface area contributed by atoms with E-state index in [1.165, 1.54) is 12.1 Å². The quantitative estimate of drug-likeness (QED) is 0.138. The van der Waals surface area contributed by atoms with Gasteiger partial charge >= 0.3 is 17.9 Å². The van der Waals surface area contributed by atoms with Crippen molar-refractivity contribution >= 4 is 29.7 Å². The lowest BCUT2D eigenvalue weighted by Gasteiger charge is -2.43. The van der Waals surface area contributed by atoms with Gasteiger partial charge in [0.05, 0.1) is 11.1 Å². The molecule has 14 nitrogen and oxygen atoms in total. The molecular formula is C20H20N4O10. The smallest absolute Gasteiger partial charge is 0.303 e. The molecule has 1 aromatic rings. The molecule has 5 atom stereocenters. The van der Waals surface area contributed by atoms with E-state index in [1.54, 1.807) is 12.1 Å². The minimum atomic E-state index is -1.67. The van der Waals surface area contributed by atoms with Crippen LogP contribution in [0, 0.1) is 0 Å². The SMILES string of the molecule is CC(=O)OC[C@H]1O[C@@H](ON2C(=O)c3ccccc3C2=O)[C@H](N=[N+]=[N-])[C@@H](OC(C)=O)[C@H]1OC(C)=O. The summed E-state index contributed by atoms with van der Waals surface area (Å²) in [6.07, 6.45) is -5.79. The normalized spacial score (nSPS) is 25.7. The maximum Gasteiger partial charge on any atom is 0.303 e. The third kappa shape index (κ3) is 5.14. The largest absolute Gasteiger partial charge is 0.463 e. The van der Waals surface area contributed by atoms with Crippen LogP contribution in [0.3, 0.4) is 0 Å². The highest BCUT2D eigenvalue weighted by Crippen LogP contribution is 2.32. The van der Waals surface area contributed by atoms with Gasteiger partial charge in [-0.2, -0.15) is 0 Å². The van der Waals surface area contributed by atoms with Crippen molar-refractivity contribution in [3.63, 3.8) is 0 Å². The zero-order valence-corrected chi connectivity index (χ0v) is 18.3. The van der Waals surface area contributed by atoms with Crippen LogP contribution < -0.4 is 0 Å².